The van der Waals surface area contributed by atoms with Crippen LogP contribution in [0.15, 0.2) is 22.7 Å². The van der Waals surface area contributed by atoms with Crippen molar-refractivity contribution in [2.75, 3.05) is 13.7 Å². The Labute approximate surface area is 117 Å². The molecule has 0 saturated carbocycles. The van der Waals surface area contributed by atoms with Crippen LogP contribution in [0.25, 0.3) is 0 Å². The molecule has 1 N–H and O–H groups in total. The maximum absolute atomic E-state index is 14.1. The van der Waals surface area contributed by atoms with Gasteiger partial charge in [0.15, 0.2) is 0 Å². The number of hydrogen-bond acceptors (Lipinski definition) is 2. The summed E-state index contributed by atoms with van der Waals surface area (Å²) in [7, 11) is 1.70. The first-order chi connectivity index (χ1) is 8.60. The van der Waals surface area contributed by atoms with Crippen LogP contribution < -0.4 is 5.32 Å². The van der Waals surface area contributed by atoms with Gasteiger partial charge in [-0.05, 0) is 48.3 Å². The van der Waals surface area contributed by atoms with Gasteiger partial charge in [0.25, 0.3) is 0 Å². The number of hydrogen-bond donors (Lipinski definition) is 1. The third-order valence-corrected chi connectivity index (χ3v) is 3.68. The fourth-order valence-electron chi connectivity index (χ4n) is 1.92. The summed E-state index contributed by atoms with van der Waals surface area (Å²) in [5, 5.41) is 3.33. The second kappa shape index (κ2) is 7.87. The molecule has 0 aliphatic rings. The van der Waals surface area contributed by atoms with E-state index in [2.05, 4.69) is 21.2 Å². The van der Waals surface area contributed by atoms with E-state index in [1.165, 1.54) is 0 Å². The minimum absolute atomic E-state index is 0.0325. The van der Waals surface area contributed by atoms with E-state index < -0.39 is 0 Å². The van der Waals surface area contributed by atoms with Crippen LogP contribution in [0.3, 0.4) is 0 Å². The van der Waals surface area contributed by atoms with Gasteiger partial charge in [-0.25, -0.2) is 4.39 Å². The van der Waals surface area contributed by atoms with Crippen molar-refractivity contribution in [2.45, 2.75) is 38.8 Å². The van der Waals surface area contributed by atoms with Crippen LogP contribution in [-0.4, -0.2) is 19.8 Å². The number of halogens is 2. The first-order valence-corrected chi connectivity index (χ1v) is 7.09. The molecule has 1 aromatic carbocycles. The average molecular weight is 318 g/mol. The second-order valence-corrected chi connectivity index (χ2v) is 5.23. The summed E-state index contributed by atoms with van der Waals surface area (Å²) in [5.74, 6) is -0.173. The van der Waals surface area contributed by atoms with E-state index in [0.717, 1.165) is 24.9 Å². The Bertz CT molecular complexity index is 373. The average Bonchev–Trinajstić information content (AvgIpc) is 2.37. The van der Waals surface area contributed by atoms with Crippen LogP contribution in [0.2, 0.25) is 0 Å². The van der Waals surface area contributed by atoms with Crippen LogP contribution in [0.4, 0.5) is 4.39 Å². The molecular formula is C14H21BrFNO. The van der Waals surface area contributed by atoms with Crippen molar-refractivity contribution in [1.29, 1.82) is 0 Å². The van der Waals surface area contributed by atoms with E-state index in [4.69, 9.17) is 4.74 Å². The molecule has 0 aliphatic heterocycles. The zero-order valence-electron chi connectivity index (χ0n) is 11.2. The van der Waals surface area contributed by atoms with Crippen LogP contribution in [0, 0.1) is 5.82 Å². The van der Waals surface area contributed by atoms with Crippen LogP contribution in [0.1, 0.15) is 38.3 Å². The highest BCUT2D eigenvalue weighted by Gasteiger charge is 2.17. The maximum atomic E-state index is 14.1. The summed E-state index contributed by atoms with van der Waals surface area (Å²) in [6.07, 6.45) is 1.96. The normalized spacial score (nSPS) is 14.5. The summed E-state index contributed by atoms with van der Waals surface area (Å²) in [6, 6.07) is 5.46. The van der Waals surface area contributed by atoms with E-state index in [9.17, 15) is 4.39 Å². The summed E-state index contributed by atoms with van der Waals surface area (Å²) >= 11 is 3.23. The summed E-state index contributed by atoms with van der Waals surface area (Å²) in [6.45, 7) is 4.88. The smallest absolute Gasteiger partial charge is 0.142 e. The van der Waals surface area contributed by atoms with Gasteiger partial charge in [0.2, 0.25) is 0 Å². The first-order valence-electron chi connectivity index (χ1n) is 6.30. The van der Waals surface area contributed by atoms with Gasteiger partial charge in [-0.15, -0.1) is 0 Å². The Hall–Kier alpha value is -0.450. The lowest BCUT2D eigenvalue weighted by molar-refractivity contribution is 0.106. The quantitative estimate of drug-likeness (QED) is 0.819. The predicted octanol–water partition coefficient (Wildman–Crippen LogP) is 4.05. The van der Waals surface area contributed by atoms with Gasteiger partial charge in [-0.2, -0.15) is 0 Å². The second-order valence-electron chi connectivity index (χ2n) is 4.38. The number of nitrogens with one attached hydrogen (secondary N) is 1. The zero-order valence-corrected chi connectivity index (χ0v) is 12.8. The van der Waals surface area contributed by atoms with Gasteiger partial charge >= 0.3 is 0 Å². The molecule has 18 heavy (non-hydrogen) atoms. The summed E-state index contributed by atoms with van der Waals surface area (Å²) in [5.41, 5.74) is 0.717. The van der Waals surface area contributed by atoms with E-state index in [0.29, 0.717) is 4.47 Å². The molecule has 0 aromatic heterocycles. The molecule has 0 aliphatic carbocycles. The Kier molecular flexibility index (Phi) is 6.82. The van der Waals surface area contributed by atoms with E-state index >= 15 is 0 Å². The lowest BCUT2D eigenvalue weighted by Crippen LogP contribution is -2.23. The number of benzene rings is 1. The molecule has 4 heteroatoms. The summed E-state index contributed by atoms with van der Waals surface area (Å²) < 4.78 is 19.8. The summed E-state index contributed by atoms with van der Waals surface area (Å²) in [4.78, 5) is 0. The van der Waals surface area contributed by atoms with Gasteiger partial charge in [0, 0.05) is 18.7 Å². The van der Waals surface area contributed by atoms with Crippen molar-refractivity contribution < 1.29 is 9.13 Å². The van der Waals surface area contributed by atoms with Gasteiger partial charge in [0.05, 0.1) is 10.6 Å². The minimum atomic E-state index is -0.173. The third kappa shape index (κ3) is 4.34. The van der Waals surface area contributed by atoms with E-state index in [1.54, 1.807) is 13.2 Å². The molecular weight excluding hydrogens is 297 g/mol. The molecule has 1 rings (SSSR count). The van der Waals surface area contributed by atoms with Gasteiger partial charge < -0.3 is 10.1 Å². The lowest BCUT2D eigenvalue weighted by atomic mass is 10.00. The number of methoxy groups -OCH3 is 1. The highest BCUT2D eigenvalue weighted by molar-refractivity contribution is 9.10. The van der Waals surface area contributed by atoms with Crippen molar-refractivity contribution >= 4 is 15.9 Å². The minimum Gasteiger partial charge on any atom is -0.382 e. The molecule has 0 bridgehead atoms. The van der Waals surface area contributed by atoms with Crippen molar-refractivity contribution in [2.24, 2.45) is 0 Å². The maximum Gasteiger partial charge on any atom is 0.142 e. The Morgan fingerprint density at radius 3 is 2.72 bits per heavy atom. The van der Waals surface area contributed by atoms with Crippen molar-refractivity contribution in [3.63, 3.8) is 0 Å². The number of ether oxygens (including phenoxy) is 1. The van der Waals surface area contributed by atoms with Crippen molar-refractivity contribution in [3.05, 3.63) is 34.1 Å². The zero-order chi connectivity index (χ0) is 13.5. The SMILES string of the molecule is CCNC(CCC(C)OC)c1cccc(Br)c1F. The highest BCUT2D eigenvalue weighted by atomic mass is 79.9. The fourth-order valence-corrected chi connectivity index (χ4v) is 2.30. The molecule has 0 saturated heterocycles. The fraction of sp³-hybridized carbons (Fsp3) is 0.571. The lowest BCUT2D eigenvalue weighted by Gasteiger charge is -2.21. The standard InChI is InChI=1S/C14H21BrFNO/c1-4-17-13(9-8-10(2)18-3)11-6-5-7-12(15)14(11)16/h5-7,10,13,17H,4,8-9H2,1-3H3. The van der Waals surface area contributed by atoms with Crippen molar-refractivity contribution in [3.8, 4) is 0 Å². The molecule has 0 radical (unpaired) electrons. The monoisotopic (exact) mass is 317 g/mol. The molecule has 0 amide bonds. The molecule has 0 heterocycles. The molecule has 0 fully saturated rings. The van der Waals surface area contributed by atoms with Crippen LogP contribution in [0.5, 0.6) is 0 Å². The molecule has 2 nitrogen and oxygen atoms in total. The largest absolute Gasteiger partial charge is 0.382 e. The Balaban J connectivity index is 2.80. The van der Waals surface area contributed by atoms with Gasteiger partial charge in [-0.1, -0.05) is 19.1 Å². The molecule has 102 valence electrons. The molecule has 0 spiro atoms. The Morgan fingerprint density at radius 1 is 1.39 bits per heavy atom. The predicted molar refractivity (Wildman–Crippen MR) is 76.2 cm³/mol. The highest BCUT2D eigenvalue weighted by Crippen LogP contribution is 2.27. The molecule has 1 aromatic rings. The van der Waals surface area contributed by atoms with E-state index in [1.807, 2.05) is 26.0 Å². The number of rotatable bonds is 7. The molecule has 2 atom stereocenters. The topological polar surface area (TPSA) is 21.3 Å². The van der Waals surface area contributed by atoms with E-state index in [-0.39, 0.29) is 18.0 Å². The molecule has 2 unspecified atom stereocenters. The third-order valence-electron chi connectivity index (χ3n) is 3.07. The van der Waals surface area contributed by atoms with Gasteiger partial charge in [0.1, 0.15) is 5.82 Å². The first kappa shape index (κ1) is 15.6. The Morgan fingerprint density at radius 2 is 2.11 bits per heavy atom. The van der Waals surface area contributed by atoms with Crippen LogP contribution in [-0.2, 0) is 4.74 Å². The van der Waals surface area contributed by atoms with Crippen molar-refractivity contribution in [1.82, 2.24) is 5.32 Å². The van der Waals surface area contributed by atoms with Crippen LogP contribution >= 0.6 is 15.9 Å². The van der Waals surface area contributed by atoms with Gasteiger partial charge in [-0.3, -0.25) is 0 Å².